The summed E-state index contributed by atoms with van der Waals surface area (Å²) < 4.78 is 34.1. The van der Waals surface area contributed by atoms with E-state index in [1.165, 1.54) is 11.3 Å². The average molecular weight is 330 g/mol. The highest BCUT2D eigenvalue weighted by Gasteiger charge is 2.43. The molecule has 0 saturated carbocycles. The van der Waals surface area contributed by atoms with Crippen LogP contribution in [0.3, 0.4) is 0 Å². The van der Waals surface area contributed by atoms with Crippen LogP contribution in [0, 0.1) is 6.92 Å². The van der Waals surface area contributed by atoms with Crippen LogP contribution in [0.25, 0.3) is 0 Å². The topological polar surface area (TPSA) is 67.4 Å². The number of hydrogen-bond donors (Lipinski definition) is 2. The van der Waals surface area contributed by atoms with Gasteiger partial charge in [0.25, 0.3) is 0 Å². The Labute approximate surface area is 130 Å². The molecule has 3 atom stereocenters. The van der Waals surface area contributed by atoms with Gasteiger partial charge in [-0.15, -0.1) is 11.3 Å². The second-order valence-electron chi connectivity index (χ2n) is 5.79. The highest BCUT2D eigenvalue weighted by atomic mass is 32.2. The second kappa shape index (κ2) is 5.96. The summed E-state index contributed by atoms with van der Waals surface area (Å²) in [7, 11) is -3.47. The zero-order valence-corrected chi connectivity index (χ0v) is 14.0. The summed E-state index contributed by atoms with van der Waals surface area (Å²) in [5.41, 5.74) is 0.824. The molecule has 0 amide bonds. The van der Waals surface area contributed by atoms with E-state index >= 15 is 0 Å². The summed E-state index contributed by atoms with van der Waals surface area (Å²) >= 11 is 1.50. The minimum atomic E-state index is -3.47. The molecule has 7 heteroatoms. The van der Waals surface area contributed by atoms with Gasteiger partial charge in [0.05, 0.1) is 18.2 Å². The number of aryl methyl sites for hydroxylation is 1. The van der Waals surface area contributed by atoms with Crippen LogP contribution < -0.4 is 10.0 Å². The number of thiophene rings is 1. The van der Waals surface area contributed by atoms with E-state index in [1.807, 2.05) is 19.2 Å². The summed E-state index contributed by atoms with van der Waals surface area (Å²) in [6.07, 6.45) is 3.13. The van der Waals surface area contributed by atoms with Gasteiger partial charge in [-0.3, -0.25) is 0 Å². The molecular formula is C14H22N2O3S2. The molecule has 2 N–H and O–H groups in total. The minimum Gasteiger partial charge on any atom is -0.373 e. The van der Waals surface area contributed by atoms with Crippen molar-refractivity contribution in [2.75, 3.05) is 6.54 Å². The molecule has 21 heavy (non-hydrogen) atoms. The van der Waals surface area contributed by atoms with Gasteiger partial charge in [-0.05, 0) is 43.7 Å². The first-order chi connectivity index (χ1) is 10.0. The van der Waals surface area contributed by atoms with Gasteiger partial charge in [0.2, 0.25) is 10.0 Å². The van der Waals surface area contributed by atoms with Crippen molar-refractivity contribution in [3.05, 3.63) is 15.8 Å². The molecule has 1 aromatic rings. The fourth-order valence-corrected chi connectivity index (χ4v) is 6.29. The molecule has 5 nitrogen and oxygen atoms in total. The van der Waals surface area contributed by atoms with Crippen LogP contribution in [0.4, 0.5) is 0 Å². The molecule has 3 heterocycles. The Kier molecular flexibility index (Phi) is 4.38. The van der Waals surface area contributed by atoms with Gasteiger partial charge in [0.1, 0.15) is 4.90 Å². The fourth-order valence-electron chi connectivity index (χ4n) is 3.23. The lowest BCUT2D eigenvalue weighted by Crippen LogP contribution is -2.41. The van der Waals surface area contributed by atoms with Gasteiger partial charge in [0, 0.05) is 11.4 Å². The molecule has 0 spiro atoms. The van der Waals surface area contributed by atoms with Crippen molar-refractivity contribution in [1.82, 2.24) is 10.0 Å². The predicted octanol–water partition coefficient (Wildman–Crippen LogP) is 1.76. The molecule has 2 aliphatic heterocycles. The lowest BCUT2D eigenvalue weighted by Gasteiger charge is -2.20. The van der Waals surface area contributed by atoms with Crippen molar-refractivity contribution < 1.29 is 13.2 Å². The Bertz CT molecular complexity index is 612. The van der Waals surface area contributed by atoms with E-state index in [4.69, 9.17) is 4.74 Å². The fraction of sp³-hybridized carbons (Fsp3) is 0.714. The van der Waals surface area contributed by atoms with Gasteiger partial charge in [-0.2, -0.15) is 0 Å². The number of ether oxygens (including phenoxy) is 1. The molecule has 2 bridgehead atoms. The Morgan fingerprint density at radius 3 is 2.86 bits per heavy atom. The highest BCUT2D eigenvalue weighted by molar-refractivity contribution is 7.89. The lowest BCUT2D eigenvalue weighted by molar-refractivity contribution is 0.0996. The van der Waals surface area contributed by atoms with Crippen molar-refractivity contribution >= 4 is 21.4 Å². The summed E-state index contributed by atoms with van der Waals surface area (Å²) in [6, 6.07) is -0.0694. The zero-order valence-electron chi connectivity index (χ0n) is 12.4. The zero-order chi connectivity index (χ0) is 15.0. The first-order valence-electron chi connectivity index (χ1n) is 7.46. The standard InChI is InChI=1S/C14H22N2O3S2/c1-3-15-7-13-14(9(2)8-20-13)21(17,18)16-11-6-10-4-5-12(11)19-10/h8,10-12,15-16H,3-7H2,1-2H3. The van der Waals surface area contributed by atoms with Gasteiger partial charge >= 0.3 is 0 Å². The number of sulfonamides is 1. The van der Waals surface area contributed by atoms with E-state index < -0.39 is 10.0 Å². The van der Waals surface area contributed by atoms with E-state index in [1.54, 1.807) is 0 Å². The maximum Gasteiger partial charge on any atom is 0.242 e. The molecule has 0 radical (unpaired) electrons. The molecule has 118 valence electrons. The maximum absolute atomic E-state index is 12.7. The van der Waals surface area contributed by atoms with Crippen molar-refractivity contribution in [1.29, 1.82) is 0 Å². The minimum absolute atomic E-state index is 0.0564. The van der Waals surface area contributed by atoms with E-state index in [9.17, 15) is 8.42 Å². The van der Waals surface area contributed by atoms with E-state index in [-0.39, 0.29) is 18.2 Å². The normalized spacial score (nSPS) is 28.4. The Balaban J connectivity index is 1.80. The molecule has 3 rings (SSSR count). The molecule has 0 aliphatic carbocycles. The van der Waals surface area contributed by atoms with Crippen LogP contribution in [-0.2, 0) is 21.3 Å². The summed E-state index contributed by atoms with van der Waals surface area (Å²) in [6.45, 7) is 5.29. The first-order valence-corrected chi connectivity index (χ1v) is 9.83. The molecule has 1 aromatic heterocycles. The molecular weight excluding hydrogens is 308 g/mol. The number of hydrogen-bond acceptors (Lipinski definition) is 5. The Hall–Kier alpha value is -0.470. The van der Waals surface area contributed by atoms with Crippen LogP contribution >= 0.6 is 11.3 Å². The van der Waals surface area contributed by atoms with Crippen LogP contribution in [0.15, 0.2) is 10.3 Å². The second-order valence-corrected chi connectivity index (χ2v) is 8.40. The quantitative estimate of drug-likeness (QED) is 0.834. The Morgan fingerprint density at radius 1 is 1.43 bits per heavy atom. The highest BCUT2D eigenvalue weighted by Crippen LogP contribution is 2.36. The van der Waals surface area contributed by atoms with Crippen molar-refractivity contribution in [2.24, 2.45) is 0 Å². The van der Waals surface area contributed by atoms with Crippen molar-refractivity contribution in [3.63, 3.8) is 0 Å². The summed E-state index contributed by atoms with van der Waals surface area (Å²) in [5.74, 6) is 0. The average Bonchev–Trinajstić information content (AvgIpc) is 3.11. The number of fused-ring (bicyclic) bond motifs is 2. The summed E-state index contributed by atoms with van der Waals surface area (Å²) in [5, 5.41) is 5.12. The van der Waals surface area contributed by atoms with Gasteiger partial charge in [-0.25, -0.2) is 13.1 Å². The third kappa shape index (κ3) is 3.03. The van der Waals surface area contributed by atoms with Crippen LogP contribution in [-0.4, -0.2) is 33.2 Å². The van der Waals surface area contributed by atoms with Crippen LogP contribution in [0.2, 0.25) is 0 Å². The van der Waals surface area contributed by atoms with Gasteiger partial charge in [-0.1, -0.05) is 6.92 Å². The SMILES string of the molecule is CCNCc1scc(C)c1S(=O)(=O)NC1CC2CCC1O2. The van der Waals surface area contributed by atoms with Crippen LogP contribution in [0.5, 0.6) is 0 Å². The molecule has 3 unspecified atom stereocenters. The van der Waals surface area contributed by atoms with Gasteiger partial charge in [0.15, 0.2) is 0 Å². The predicted molar refractivity (Wildman–Crippen MR) is 83.1 cm³/mol. The van der Waals surface area contributed by atoms with Crippen molar-refractivity contribution in [3.8, 4) is 0 Å². The van der Waals surface area contributed by atoms with Crippen LogP contribution in [0.1, 0.15) is 36.6 Å². The third-order valence-electron chi connectivity index (χ3n) is 4.21. The number of nitrogens with one attached hydrogen (secondary N) is 2. The molecule has 2 fully saturated rings. The molecule has 2 saturated heterocycles. The van der Waals surface area contributed by atoms with E-state index in [0.29, 0.717) is 11.4 Å². The number of rotatable bonds is 6. The van der Waals surface area contributed by atoms with E-state index in [2.05, 4.69) is 10.0 Å². The van der Waals surface area contributed by atoms with Gasteiger partial charge < -0.3 is 10.1 Å². The molecule has 0 aromatic carbocycles. The lowest BCUT2D eigenvalue weighted by atomic mass is 9.96. The Morgan fingerprint density at radius 2 is 2.24 bits per heavy atom. The first kappa shape index (κ1) is 15.4. The largest absolute Gasteiger partial charge is 0.373 e. The third-order valence-corrected chi connectivity index (χ3v) is 7.16. The summed E-state index contributed by atoms with van der Waals surface area (Å²) in [4.78, 5) is 1.34. The van der Waals surface area contributed by atoms with Crippen molar-refractivity contribution in [2.45, 2.75) is 62.8 Å². The monoisotopic (exact) mass is 330 g/mol. The smallest absolute Gasteiger partial charge is 0.242 e. The maximum atomic E-state index is 12.7. The van der Waals surface area contributed by atoms with E-state index in [0.717, 1.165) is 36.2 Å². The molecule has 2 aliphatic rings.